The van der Waals surface area contributed by atoms with E-state index in [0.717, 1.165) is 17.2 Å². The lowest BCUT2D eigenvalue weighted by Gasteiger charge is -2.25. The molecule has 3 N–H and O–H groups in total. The van der Waals surface area contributed by atoms with Gasteiger partial charge in [0.1, 0.15) is 13.2 Å². The van der Waals surface area contributed by atoms with Crippen LogP contribution in [0.25, 0.3) is 0 Å². The van der Waals surface area contributed by atoms with Gasteiger partial charge in [-0.3, -0.25) is 4.79 Å². The van der Waals surface area contributed by atoms with E-state index in [4.69, 9.17) is 9.47 Å². The molecule has 22 heavy (non-hydrogen) atoms. The summed E-state index contributed by atoms with van der Waals surface area (Å²) in [6.07, 6.45) is -0.0422. The molecule has 2 aromatic carbocycles. The molecule has 5 heteroatoms. The van der Waals surface area contributed by atoms with E-state index in [1.165, 1.54) is 0 Å². The molecule has 0 bridgehead atoms. The number of hydrogen-bond acceptors (Lipinski definition) is 3. The summed E-state index contributed by atoms with van der Waals surface area (Å²) in [5, 5.41) is 4.78. The third-order valence-corrected chi connectivity index (χ3v) is 3.38. The Labute approximate surface area is 129 Å². The zero-order valence-electron chi connectivity index (χ0n) is 12.2. The molecule has 0 fully saturated rings. The number of amides is 1. The minimum Gasteiger partial charge on any atom is -0.486 e. The van der Waals surface area contributed by atoms with E-state index < -0.39 is 0 Å². The van der Waals surface area contributed by atoms with Crippen LogP contribution in [0.1, 0.15) is 0 Å². The normalized spacial score (nSPS) is 16.1. The van der Waals surface area contributed by atoms with Crippen molar-refractivity contribution in [3.8, 4) is 11.5 Å². The largest absolute Gasteiger partial charge is 0.486 e. The topological polar surface area (TPSA) is 64.2 Å². The van der Waals surface area contributed by atoms with Crippen molar-refractivity contribution in [2.45, 2.75) is 6.10 Å². The van der Waals surface area contributed by atoms with Crippen molar-refractivity contribution in [1.29, 1.82) is 0 Å². The zero-order chi connectivity index (χ0) is 15.2. The number of para-hydroxylation sites is 3. The molecule has 114 valence electrons. The maximum atomic E-state index is 11.8. The fourth-order valence-corrected chi connectivity index (χ4v) is 2.31. The third kappa shape index (κ3) is 3.77. The molecule has 0 radical (unpaired) electrons. The quantitative estimate of drug-likeness (QED) is 0.867. The van der Waals surface area contributed by atoms with Crippen LogP contribution in [0.2, 0.25) is 0 Å². The number of ether oxygens (including phenoxy) is 2. The molecule has 0 unspecified atom stereocenters. The number of fused-ring (bicyclic) bond motifs is 1. The summed E-state index contributed by atoms with van der Waals surface area (Å²) in [5.74, 6) is 1.52. The molecular weight excluding hydrogens is 280 g/mol. The number of nitrogens with one attached hydrogen (secondary N) is 1. The number of rotatable bonds is 5. The van der Waals surface area contributed by atoms with E-state index in [2.05, 4.69) is 5.32 Å². The number of anilines is 1. The third-order valence-electron chi connectivity index (χ3n) is 3.38. The summed E-state index contributed by atoms with van der Waals surface area (Å²) < 4.78 is 11.5. The van der Waals surface area contributed by atoms with Gasteiger partial charge in [-0.25, -0.2) is 0 Å². The highest BCUT2D eigenvalue weighted by molar-refractivity contribution is 5.91. The van der Waals surface area contributed by atoms with Gasteiger partial charge in [0.15, 0.2) is 24.1 Å². The average Bonchev–Trinajstić information content (AvgIpc) is 2.55. The van der Waals surface area contributed by atoms with Gasteiger partial charge in [-0.1, -0.05) is 30.3 Å². The smallest absolute Gasteiger partial charge is 0.279 e. The molecule has 0 aromatic heterocycles. The van der Waals surface area contributed by atoms with Gasteiger partial charge in [-0.15, -0.1) is 0 Å². The van der Waals surface area contributed by atoms with Crippen LogP contribution in [0.5, 0.6) is 11.5 Å². The van der Waals surface area contributed by atoms with Crippen LogP contribution in [-0.4, -0.2) is 31.7 Å². The first-order chi connectivity index (χ1) is 10.8. The number of nitrogens with two attached hydrogens (primary N) is 1. The molecule has 1 aliphatic heterocycles. The van der Waals surface area contributed by atoms with E-state index in [9.17, 15) is 4.79 Å². The molecule has 3 rings (SSSR count). The minimum absolute atomic E-state index is 0.0247. The summed E-state index contributed by atoms with van der Waals surface area (Å²) in [7, 11) is 0. The number of carbonyl (C=O) groups excluding carboxylic acids is 1. The van der Waals surface area contributed by atoms with Gasteiger partial charge in [-0.05, 0) is 24.3 Å². The van der Waals surface area contributed by atoms with Gasteiger partial charge >= 0.3 is 0 Å². The van der Waals surface area contributed by atoms with Gasteiger partial charge in [0, 0.05) is 5.69 Å². The zero-order valence-corrected chi connectivity index (χ0v) is 12.2. The van der Waals surface area contributed by atoms with Crippen molar-refractivity contribution < 1.29 is 19.6 Å². The Hall–Kier alpha value is -2.53. The molecule has 0 saturated carbocycles. The molecule has 1 aliphatic rings. The molecule has 0 spiro atoms. The van der Waals surface area contributed by atoms with Gasteiger partial charge in [0.25, 0.3) is 5.91 Å². The fourth-order valence-electron chi connectivity index (χ4n) is 2.31. The number of quaternary nitrogens is 1. The first-order valence-electron chi connectivity index (χ1n) is 7.36. The highest BCUT2D eigenvalue weighted by Gasteiger charge is 2.22. The lowest BCUT2D eigenvalue weighted by atomic mass is 10.2. The predicted octanol–water partition coefficient (Wildman–Crippen LogP) is 1.03. The Kier molecular flexibility index (Phi) is 4.56. The molecule has 1 atom stereocenters. The SMILES string of the molecule is O=C(C[NH2+]C[C@@H]1COc2ccccc2O1)Nc1ccccc1. The van der Waals surface area contributed by atoms with Crippen molar-refractivity contribution in [2.24, 2.45) is 0 Å². The maximum absolute atomic E-state index is 11.8. The van der Waals surface area contributed by atoms with Crippen LogP contribution in [0.15, 0.2) is 54.6 Å². The van der Waals surface area contributed by atoms with E-state index in [-0.39, 0.29) is 12.0 Å². The first kappa shape index (κ1) is 14.4. The molecule has 1 amide bonds. The second-order valence-electron chi connectivity index (χ2n) is 5.14. The molecule has 5 nitrogen and oxygen atoms in total. The van der Waals surface area contributed by atoms with Crippen molar-refractivity contribution in [3.63, 3.8) is 0 Å². The number of benzene rings is 2. The van der Waals surface area contributed by atoms with E-state index in [1.54, 1.807) is 0 Å². The van der Waals surface area contributed by atoms with Crippen LogP contribution >= 0.6 is 0 Å². The summed E-state index contributed by atoms with van der Waals surface area (Å²) in [6.45, 7) is 1.54. The number of carbonyl (C=O) groups is 1. The van der Waals surface area contributed by atoms with Gasteiger partial charge in [-0.2, -0.15) is 0 Å². The Morgan fingerprint density at radius 2 is 1.82 bits per heavy atom. The standard InChI is InChI=1S/C17H18N2O3/c20-17(19-13-6-2-1-3-7-13)11-18-10-14-12-21-15-8-4-5-9-16(15)22-14/h1-9,14,18H,10-12H2,(H,19,20)/p+1/t14-/m1/s1. The van der Waals surface area contributed by atoms with E-state index in [1.807, 2.05) is 59.9 Å². The molecule has 1 heterocycles. The monoisotopic (exact) mass is 299 g/mol. The van der Waals surface area contributed by atoms with Crippen molar-refractivity contribution in [3.05, 3.63) is 54.6 Å². The lowest BCUT2D eigenvalue weighted by Crippen LogP contribution is -2.89. The summed E-state index contributed by atoms with van der Waals surface area (Å²) >= 11 is 0. The van der Waals surface area contributed by atoms with Crippen LogP contribution in [-0.2, 0) is 4.79 Å². The highest BCUT2D eigenvalue weighted by Crippen LogP contribution is 2.30. The maximum Gasteiger partial charge on any atom is 0.279 e. The van der Waals surface area contributed by atoms with E-state index >= 15 is 0 Å². The second kappa shape index (κ2) is 6.95. The molecule has 0 aliphatic carbocycles. The average molecular weight is 299 g/mol. The number of hydrogen-bond donors (Lipinski definition) is 2. The molecule has 0 saturated heterocycles. The van der Waals surface area contributed by atoms with Gasteiger partial charge < -0.3 is 20.1 Å². The van der Waals surface area contributed by atoms with Crippen molar-refractivity contribution in [1.82, 2.24) is 0 Å². The summed E-state index contributed by atoms with van der Waals surface area (Å²) in [6, 6.07) is 17.1. The first-order valence-corrected chi connectivity index (χ1v) is 7.36. The van der Waals surface area contributed by atoms with Crippen LogP contribution in [0, 0.1) is 0 Å². The lowest BCUT2D eigenvalue weighted by molar-refractivity contribution is -0.649. The van der Waals surface area contributed by atoms with Crippen LogP contribution in [0.4, 0.5) is 5.69 Å². The van der Waals surface area contributed by atoms with Crippen LogP contribution in [0.3, 0.4) is 0 Å². The summed E-state index contributed by atoms with van der Waals surface area (Å²) in [4.78, 5) is 11.8. The Bertz CT molecular complexity index is 631. The minimum atomic E-state index is -0.0422. The fraction of sp³-hybridized carbons (Fsp3) is 0.235. The molecular formula is C17H19N2O3+. The van der Waals surface area contributed by atoms with Crippen molar-refractivity contribution >= 4 is 11.6 Å². The van der Waals surface area contributed by atoms with Gasteiger partial charge in [0.05, 0.1) is 0 Å². The Balaban J connectivity index is 1.41. The second-order valence-corrected chi connectivity index (χ2v) is 5.14. The van der Waals surface area contributed by atoms with Gasteiger partial charge in [0.2, 0.25) is 0 Å². The van der Waals surface area contributed by atoms with Crippen molar-refractivity contribution in [2.75, 3.05) is 25.0 Å². The van der Waals surface area contributed by atoms with Crippen LogP contribution < -0.4 is 20.1 Å². The summed E-state index contributed by atoms with van der Waals surface area (Å²) in [5.41, 5.74) is 0.812. The Morgan fingerprint density at radius 1 is 1.09 bits per heavy atom. The highest BCUT2D eigenvalue weighted by atomic mass is 16.6. The predicted molar refractivity (Wildman–Crippen MR) is 83.1 cm³/mol. The Morgan fingerprint density at radius 3 is 2.64 bits per heavy atom. The molecule has 2 aromatic rings. The van der Waals surface area contributed by atoms with E-state index in [0.29, 0.717) is 19.7 Å².